The highest BCUT2D eigenvalue weighted by atomic mass is 16.5. The molecule has 2 heterocycles. The van der Waals surface area contributed by atoms with Gasteiger partial charge in [-0.3, -0.25) is 0 Å². The SMILES string of the molecule is CC1(C)CCCN(C(=O)NC2CCOC2)CC1. The molecule has 17 heavy (non-hydrogen) atoms. The zero-order chi connectivity index (χ0) is 12.3. The van der Waals surface area contributed by atoms with Gasteiger partial charge in [-0.05, 0) is 31.1 Å². The molecule has 4 heteroatoms. The highest BCUT2D eigenvalue weighted by molar-refractivity contribution is 5.74. The molecule has 0 aromatic carbocycles. The second-order valence-corrected chi connectivity index (χ2v) is 6.01. The lowest BCUT2D eigenvalue weighted by Crippen LogP contribution is -2.45. The van der Waals surface area contributed by atoms with Crippen molar-refractivity contribution in [3.8, 4) is 0 Å². The lowest BCUT2D eigenvalue weighted by Gasteiger charge is -2.24. The molecule has 2 saturated heterocycles. The summed E-state index contributed by atoms with van der Waals surface area (Å²) in [5, 5.41) is 3.07. The van der Waals surface area contributed by atoms with Gasteiger partial charge >= 0.3 is 6.03 Å². The van der Waals surface area contributed by atoms with Gasteiger partial charge in [-0.1, -0.05) is 13.8 Å². The number of carbonyl (C=O) groups is 1. The second kappa shape index (κ2) is 5.25. The second-order valence-electron chi connectivity index (χ2n) is 6.01. The molecule has 0 bridgehead atoms. The van der Waals surface area contributed by atoms with Crippen molar-refractivity contribution in [2.45, 2.75) is 45.6 Å². The Morgan fingerprint density at radius 1 is 1.35 bits per heavy atom. The van der Waals surface area contributed by atoms with E-state index < -0.39 is 0 Å². The first kappa shape index (κ1) is 12.7. The lowest BCUT2D eigenvalue weighted by molar-refractivity contribution is 0.177. The Labute approximate surface area is 104 Å². The molecule has 0 saturated carbocycles. The Balaban J connectivity index is 1.82. The van der Waals surface area contributed by atoms with E-state index in [4.69, 9.17) is 4.74 Å². The van der Waals surface area contributed by atoms with Crippen molar-refractivity contribution in [3.63, 3.8) is 0 Å². The van der Waals surface area contributed by atoms with Crippen molar-refractivity contribution in [2.75, 3.05) is 26.3 Å². The molecule has 2 rings (SSSR count). The first-order valence-electron chi connectivity index (χ1n) is 6.70. The number of likely N-dealkylation sites (tertiary alicyclic amines) is 1. The van der Waals surface area contributed by atoms with Crippen molar-refractivity contribution in [2.24, 2.45) is 5.41 Å². The van der Waals surface area contributed by atoms with Gasteiger partial charge in [0.1, 0.15) is 0 Å². The molecular formula is C13H24N2O2. The Hall–Kier alpha value is -0.770. The van der Waals surface area contributed by atoms with Gasteiger partial charge in [-0.2, -0.15) is 0 Å². The summed E-state index contributed by atoms with van der Waals surface area (Å²) in [4.78, 5) is 14.0. The molecule has 0 aromatic rings. The van der Waals surface area contributed by atoms with E-state index in [2.05, 4.69) is 19.2 Å². The average molecular weight is 240 g/mol. The van der Waals surface area contributed by atoms with Crippen molar-refractivity contribution < 1.29 is 9.53 Å². The van der Waals surface area contributed by atoms with Gasteiger partial charge < -0.3 is 15.0 Å². The molecular weight excluding hydrogens is 216 g/mol. The summed E-state index contributed by atoms with van der Waals surface area (Å²) < 4.78 is 5.27. The van der Waals surface area contributed by atoms with Crippen molar-refractivity contribution >= 4 is 6.03 Å². The minimum Gasteiger partial charge on any atom is -0.379 e. The van der Waals surface area contributed by atoms with E-state index in [1.54, 1.807) is 0 Å². The van der Waals surface area contributed by atoms with E-state index in [1.807, 2.05) is 4.90 Å². The van der Waals surface area contributed by atoms with Crippen LogP contribution in [0.2, 0.25) is 0 Å². The molecule has 2 fully saturated rings. The molecule has 1 N–H and O–H groups in total. The van der Waals surface area contributed by atoms with E-state index in [1.165, 1.54) is 6.42 Å². The third-order valence-electron chi connectivity index (χ3n) is 3.88. The number of nitrogens with zero attached hydrogens (tertiary/aromatic N) is 1. The first-order chi connectivity index (χ1) is 8.07. The van der Waals surface area contributed by atoms with Crippen LogP contribution in [0, 0.1) is 5.41 Å². The van der Waals surface area contributed by atoms with Crippen LogP contribution >= 0.6 is 0 Å². The van der Waals surface area contributed by atoms with Gasteiger partial charge in [0.2, 0.25) is 0 Å². The van der Waals surface area contributed by atoms with Crippen LogP contribution in [0.3, 0.4) is 0 Å². The third kappa shape index (κ3) is 3.60. The molecule has 2 aliphatic heterocycles. The minimum atomic E-state index is 0.0956. The highest BCUT2D eigenvalue weighted by Gasteiger charge is 2.27. The van der Waals surface area contributed by atoms with Crippen LogP contribution in [0.15, 0.2) is 0 Å². The predicted molar refractivity (Wildman–Crippen MR) is 67.0 cm³/mol. The average Bonchev–Trinajstić information content (AvgIpc) is 2.68. The maximum Gasteiger partial charge on any atom is 0.317 e. The Bertz CT molecular complexity index is 273. The molecule has 98 valence electrons. The maximum atomic E-state index is 12.1. The summed E-state index contributed by atoms with van der Waals surface area (Å²) >= 11 is 0. The molecule has 0 aromatic heterocycles. The fourth-order valence-corrected chi connectivity index (χ4v) is 2.54. The van der Waals surface area contributed by atoms with Gasteiger partial charge in [-0.15, -0.1) is 0 Å². The van der Waals surface area contributed by atoms with Crippen LogP contribution < -0.4 is 5.32 Å². The van der Waals surface area contributed by atoms with Crippen LogP contribution in [-0.2, 0) is 4.74 Å². The number of carbonyl (C=O) groups excluding carboxylic acids is 1. The number of hydrogen-bond acceptors (Lipinski definition) is 2. The van der Waals surface area contributed by atoms with Crippen molar-refractivity contribution in [3.05, 3.63) is 0 Å². The highest BCUT2D eigenvalue weighted by Crippen LogP contribution is 2.29. The zero-order valence-corrected chi connectivity index (χ0v) is 11.0. The van der Waals surface area contributed by atoms with Crippen LogP contribution in [0.4, 0.5) is 4.79 Å². The first-order valence-corrected chi connectivity index (χ1v) is 6.70. The van der Waals surface area contributed by atoms with Crippen molar-refractivity contribution in [1.29, 1.82) is 0 Å². The zero-order valence-electron chi connectivity index (χ0n) is 11.0. The van der Waals surface area contributed by atoms with E-state index in [-0.39, 0.29) is 12.1 Å². The van der Waals surface area contributed by atoms with E-state index >= 15 is 0 Å². The summed E-state index contributed by atoms with van der Waals surface area (Å²) in [6, 6.07) is 0.317. The van der Waals surface area contributed by atoms with Crippen molar-refractivity contribution in [1.82, 2.24) is 10.2 Å². The molecule has 2 amide bonds. The molecule has 1 unspecified atom stereocenters. The van der Waals surface area contributed by atoms with E-state index in [0.29, 0.717) is 12.0 Å². The van der Waals surface area contributed by atoms with Crippen LogP contribution in [0.1, 0.15) is 39.5 Å². The Morgan fingerprint density at radius 2 is 2.18 bits per heavy atom. The van der Waals surface area contributed by atoms with E-state index in [0.717, 1.165) is 39.0 Å². The number of amides is 2. The quantitative estimate of drug-likeness (QED) is 0.761. The number of ether oxygens (including phenoxy) is 1. The summed E-state index contributed by atoms with van der Waals surface area (Å²) in [6.07, 6.45) is 4.37. The number of rotatable bonds is 1. The molecule has 1 atom stereocenters. The largest absolute Gasteiger partial charge is 0.379 e. The number of nitrogens with one attached hydrogen (secondary N) is 1. The molecule has 0 aliphatic carbocycles. The summed E-state index contributed by atoms with van der Waals surface area (Å²) in [6.45, 7) is 7.80. The van der Waals surface area contributed by atoms with Crippen LogP contribution in [0.5, 0.6) is 0 Å². The fraction of sp³-hybridized carbons (Fsp3) is 0.923. The smallest absolute Gasteiger partial charge is 0.317 e. The van der Waals surface area contributed by atoms with Gasteiger partial charge in [0, 0.05) is 19.7 Å². The molecule has 2 aliphatic rings. The fourth-order valence-electron chi connectivity index (χ4n) is 2.54. The standard InChI is InChI=1S/C13H24N2O2/c1-13(2)5-3-7-15(8-6-13)12(16)14-11-4-9-17-10-11/h11H,3-10H2,1-2H3,(H,14,16). The molecule has 0 spiro atoms. The maximum absolute atomic E-state index is 12.1. The molecule has 4 nitrogen and oxygen atoms in total. The number of hydrogen-bond donors (Lipinski definition) is 1. The van der Waals surface area contributed by atoms with Gasteiger partial charge in [0.05, 0.1) is 12.6 Å². The third-order valence-corrected chi connectivity index (χ3v) is 3.88. The Kier molecular flexibility index (Phi) is 3.92. The lowest BCUT2D eigenvalue weighted by atomic mass is 9.85. The number of urea groups is 1. The van der Waals surface area contributed by atoms with Gasteiger partial charge in [-0.25, -0.2) is 4.79 Å². The summed E-state index contributed by atoms with van der Waals surface area (Å²) in [7, 11) is 0. The minimum absolute atomic E-state index is 0.0956. The monoisotopic (exact) mass is 240 g/mol. The summed E-state index contributed by atoms with van der Waals surface area (Å²) in [5.74, 6) is 0. The Morgan fingerprint density at radius 3 is 2.88 bits per heavy atom. The van der Waals surface area contributed by atoms with E-state index in [9.17, 15) is 4.79 Å². The topological polar surface area (TPSA) is 41.6 Å². The van der Waals surface area contributed by atoms with Gasteiger partial charge in [0.25, 0.3) is 0 Å². The van der Waals surface area contributed by atoms with Crippen LogP contribution in [-0.4, -0.2) is 43.3 Å². The normalized spacial score (nSPS) is 28.8. The summed E-state index contributed by atoms with van der Waals surface area (Å²) in [5.41, 5.74) is 0.380. The molecule has 0 radical (unpaired) electrons. The van der Waals surface area contributed by atoms with Gasteiger partial charge in [0.15, 0.2) is 0 Å². The predicted octanol–water partition coefficient (Wildman–Crippen LogP) is 2.00. The van der Waals surface area contributed by atoms with Crippen LogP contribution in [0.25, 0.3) is 0 Å².